The van der Waals surface area contributed by atoms with Gasteiger partial charge in [0.15, 0.2) is 11.5 Å². The lowest BCUT2D eigenvalue weighted by atomic mass is 10.1. The van der Waals surface area contributed by atoms with E-state index >= 15 is 0 Å². The number of hydrogen-bond donors (Lipinski definition) is 0. The summed E-state index contributed by atoms with van der Waals surface area (Å²) in [6.45, 7) is 2.03. The summed E-state index contributed by atoms with van der Waals surface area (Å²) in [4.78, 5) is 19.4. The Kier molecular flexibility index (Phi) is 7.19. The Labute approximate surface area is 187 Å². The van der Waals surface area contributed by atoms with Crippen molar-refractivity contribution in [2.45, 2.75) is 13.0 Å². The van der Waals surface area contributed by atoms with Crippen LogP contribution in [0.25, 0.3) is 0 Å². The van der Waals surface area contributed by atoms with Crippen molar-refractivity contribution in [3.63, 3.8) is 0 Å². The van der Waals surface area contributed by atoms with Crippen molar-refractivity contribution in [3.05, 3.63) is 78.0 Å². The fourth-order valence-electron chi connectivity index (χ4n) is 3.41. The fourth-order valence-corrected chi connectivity index (χ4v) is 3.41. The second-order valence-corrected chi connectivity index (χ2v) is 7.32. The molecule has 0 saturated carbocycles. The summed E-state index contributed by atoms with van der Waals surface area (Å²) in [5, 5.41) is 0. The highest BCUT2D eigenvalue weighted by molar-refractivity contribution is 5.79. The molecule has 4 rings (SSSR count). The molecule has 0 radical (unpaired) electrons. The summed E-state index contributed by atoms with van der Waals surface area (Å²) < 4.78 is 22.8. The summed E-state index contributed by atoms with van der Waals surface area (Å²) in [5.41, 5.74) is 1.73. The number of pyridine rings is 1. The van der Waals surface area contributed by atoms with Gasteiger partial charge < -0.3 is 23.8 Å². The van der Waals surface area contributed by atoms with Gasteiger partial charge in [0.05, 0.1) is 33.3 Å². The van der Waals surface area contributed by atoms with Crippen molar-refractivity contribution in [2.24, 2.45) is 0 Å². The molecule has 1 aliphatic rings. The zero-order chi connectivity index (χ0) is 22.2. The zero-order valence-electron chi connectivity index (χ0n) is 18.0. The van der Waals surface area contributed by atoms with Gasteiger partial charge in [0.2, 0.25) is 11.8 Å². The number of hydrogen-bond acceptors (Lipinski definition) is 6. The average molecular weight is 434 g/mol. The zero-order valence-corrected chi connectivity index (χ0v) is 18.0. The van der Waals surface area contributed by atoms with Gasteiger partial charge in [-0.05, 0) is 35.9 Å². The first-order valence-corrected chi connectivity index (χ1v) is 10.5. The van der Waals surface area contributed by atoms with Crippen LogP contribution in [0.5, 0.6) is 23.1 Å². The maximum atomic E-state index is 13.2. The Hall–Kier alpha value is -3.58. The van der Waals surface area contributed by atoms with Crippen molar-refractivity contribution >= 4 is 5.91 Å². The minimum Gasteiger partial charge on any atom is -0.497 e. The van der Waals surface area contributed by atoms with E-state index < -0.39 is 0 Å². The van der Waals surface area contributed by atoms with Crippen molar-refractivity contribution in [1.82, 2.24) is 9.88 Å². The van der Waals surface area contributed by atoms with E-state index in [2.05, 4.69) is 4.98 Å². The smallest absolute Gasteiger partial charge is 0.227 e. The van der Waals surface area contributed by atoms with Crippen LogP contribution in [-0.4, -0.2) is 49.3 Å². The van der Waals surface area contributed by atoms with Crippen LogP contribution in [0.2, 0.25) is 0 Å². The van der Waals surface area contributed by atoms with E-state index in [9.17, 15) is 4.79 Å². The van der Waals surface area contributed by atoms with Crippen molar-refractivity contribution in [1.29, 1.82) is 0 Å². The SMILES string of the molecule is COc1ccc(CC(=O)N2CCOCCOc3ccccc3Oc3ncccc3C2)cc1. The number of ether oxygens (including phenoxy) is 4. The van der Waals surface area contributed by atoms with E-state index in [1.807, 2.05) is 60.7 Å². The van der Waals surface area contributed by atoms with Gasteiger partial charge in [-0.25, -0.2) is 4.98 Å². The Morgan fingerprint density at radius 2 is 1.81 bits per heavy atom. The maximum absolute atomic E-state index is 13.2. The van der Waals surface area contributed by atoms with Gasteiger partial charge >= 0.3 is 0 Å². The molecule has 0 atom stereocenters. The summed E-state index contributed by atoms with van der Waals surface area (Å²) in [7, 11) is 1.62. The largest absolute Gasteiger partial charge is 0.497 e. The van der Waals surface area contributed by atoms with Crippen molar-refractivity contribution in [2.75, 3.05) is 33.5 Å². The van der Waals surface area contributed by atoms with E-state index in [0.717, 1.165) is 16.9 Å². The van der Waals surface area contributed by atoms with Crippen LogP contribution in [0.4, 0.5) is 0 Å². The van der Waals surface area contributed by atoms with Gasteiger partial charge in [-0.2, -0.15) is 0 Å². The molecule has 0 N–H and O–H groups in total. The highest BCUT2D eigenvalue weighted by Crippen LogP contribution is 2.32. The molecule has 0 bridgehead atoms. The number of rotatable bonds is 3. The van der Waals surface area contributed by atoms with E-state index in [4.69, 9.17) is 18.9 Å². The van der Waals surface area contributed by atoms with Gasteiger partial charge in [-0.15, -0.1) is 0 Å². The summed E-state index contributed by atoms with van der Waals surface area (Å²) >= 11 is 0. The first-order valence-electron chi connectivity index (χ1n) is 10.5. The maximum Gasteiger partial charge on any atom is 0.227 e. The molecule has 0 unspecified atom stereocenters. The molecule has 2 heterocycles. The number of nitrogens with zero attached hydrogens (tertiary/aromatic N) is 2. The number of aromatic nitrogens is 1. The number of fused-ring (bicyclic) bond motifs is 2. The normalized spacial score (nSPS) is 14.3. The van der Waals surface area contributed by atoms with Crippen molar-refractivity contribution in [3.8, 4) is 23.1 Å². The van der Waals surface area contributed by atoms with E-state index in [0.29, 0.717) is 50.3 Å². The monoisotopic (exact) mass is 434 g/mol. The van der Waals surface area contributed by atoms with Crippen molar-refractivity contribution < 1.29 is 23.7 Å². The number of amides is 1. The second kappa shape index (κ2) is 10.6. The quantitative estimate of drug-likeness (QED) is 0.624. The molecule has 166 valence electrons. The minimum atomic E-state index is 0.0000852. The first kappa shape index (κ1) is 21.6. The third kappa shape index (κ3) is 5.56. The highest BCUT2D eigenvalue weighted by atomic mass is 16.5. The Morgan fingerprint density at radius 3 is 2.62 bits per heavy atom. The number of methoxy groups -OCH3 is 1. The molecule has 7 heteroatoms. The first-order chi connectivity index (χ1) is 15.7. The fraction of sp³-hybridized carbons (Fsp3) is 0.280. The molecular formula is C25H26N2O5. The third-order valence-corrected chi connectivity index (χ3v) is 5.12. The highest BCUT2D eigenvalue weighted by Gasteiger charge is 2.19. The van der Waals surface area contributed by atoms with Crippen LogP contribution in [0, 0.1) is 0 Å². The Morgan fingerprint density at radius 1 is 1.00 bits per heavy atom. The lowest BCUT2D eigenvalue weighted by Crippen LogP contribution is -2.35. The molecule has 1 aliphatic heterocycles. The van der Waals surface area contributed by atoms with E-state index in [1.165, 1.54) is 0 Å². The van der Waals surface area contributed by atoms with Crippen LogP contribution < -0.4 is 14.2 Å². The van der Waals surface area contributed by atoms with E-state index in [-0.39, 0.29) is 12.3 Å². The van der Waals surface area contributed by atoms with Crippen LogP contribution in [0.3, 0.4) is 0 Å². The molecule has 1 amide bonds. The van der Waals surface area contributed by atoms with Crippen LogP contribution >= 0.6 is 0 Å². The summed E-state index contributed by atoms with van der Waals surface area (Å²) in [6, 6.07) is 18.7. The summed E-state index contributed by atoms with van der Waals surface area (Å²) in [5.74, 6) is 2.41. The topological polar surface area (TPSA) is 70.1 Å². The van der Waals surface area contributed by atoms with Crippen LogP contribution in [0.1, 0.15) is 11.1 Å². The standard InChI is InChI=1S/C25H26N2O5/c1-29-21-10-8-19(9-11-21)17-24(28)27-13-14-30-15-16-31-22-6-2-3-7-23(22)32-25-20(18-27)5-4-12-26-25/h2-12H,13-18H2,1H3. The number of benzene rings is 2. The number of carbonyl (C=O) groups is 1. The number of carbonyl (C=O) groups excluding carboxylic acids is 1. The van der Waals surface area contributed by atoms with Gasteiger partial charge in [-0.1, -0.05) is 30.3 Å². The molecule has 1 aromatic heterocycles. The van der Waals surface area contributed by atoms with Crippen LogP contribution in [-0.2, 0) is 22.5 Å². The third-order valence-electron chi connectivity index (χ3n) is 5.12. The predicted molar refractivity (Wildman–Crippen MR) is 119 cm³/mol. The molecule has 0 fully saturated rings. The molecular weight excluding hydrogens is 408 g/mol. The van der Waals surface area contributed by atoms with Gasteiger partial charge in [0.1, 0.15) is 12.4 Å². The predicted octanol–water partition coefficient (Wildman–Crippen LogP) is 3.86. The molecule has 0 spiro atoms. The average Bonchev–Trinajstić information content (AvgIpc) is 2.84. The lowest BCUT2D eigenvalue weighted by molar-refractivity contribution is -0.131. The molecule has 0 aliphatic carbocycles. The molecule has 7 nitrogen and oxygen atoms in total. The summed E-state index contributed by atoms with van der Waals surface area (Å²) in [6.07, 6.45) is 1.96. The van der Waals surface area contributed by atoms with Crippen LogP contribution in [0.15, 0.2) is 66.9 Å². The molecule has 32 heavy (non-hydrogen) atoms. The molecule has 2 aromatic carbocycles. The Bertz CT molecular complexity index is 1040. The van der Waals surface area contributed by atoms with Gasteiger partial charge in [-0.3, -0.25) is 4.79 Å². The van der Waals surface area contributed by atoms with Gasteiger partial charge in [0, 0.05) is 18.3 Å². The Balaban J connectivity index is 1.57. The lowest BCUT2D eigenvalue weighted by Gasteiger charge is -2.23. The van der Waals surface area contributed by atoms with E-state index in [1.54, 1.807) is 18.2 Å². The van der Waals surface area contributed by atoms with Gasteiger partial charge in [0.25, 0.3) is 0 Å². The molecule has 3 aromatic rings. The minimum absolute atomic E-state index is 0.0000852. The molecule has 0 saturated heterocycles. The second-order valence-electron chi connectivity index (χ2n) is 7.32. The number of para-hydroxylation sites is 2.